The first-order valence-electron chi connectivity index (χ1n) is 3.12. The second-order valence-corrected chi connectivity index (χ2v) is 1.91. The minimum absolute atomic E-state index is 0.678. The van der Waals surface area contributed by atoms with Crippen molar-refractivity contribution in [2.75, 3.05) is 0 Å². The van der Waals surface area contributed by atoms with Crippen molar-refractivity contribution >= 4 is 0 Å². The average molecular weight is 133 g/mol. The highest BCUT2D eigenvalue weighted by Gasteiger charge is 1.90. The molecule has 0 spiro atoms. The van der Waals surface area contributed by atoms with E-state index in [2.05, 4.69) is 12.6 Å². The lowest BCUT2D eigenvalue weighted by atomic mass is 10.1. The molecule has 0 aliphatic heterocycles. The lowest BCUT2D eigenvalue weighted by Crippen LogP contribution is -1.76. The van der Waals surface area contributed by atoms with E-state index < -0.39 is 0 Å². The monoisotopic (exact) mass is 133 g/mol. The quantitative estimate of drug-likeness (QED) is 0.419. The molecular formula is C9H11N. The summed E-state index contributed by atoms with van der Waals surface area (Å²) in [6.45, 7) is 7.32. The fourth-order valence-electron chi connectivity index (χ4n) is 0.534. The number of nitriles is 1. The van der Waals surface area contributed by atoms with Gasteiger partial charge >= 0.3 is 0 Å². The summed E-state index contributed by atoms with van der Waals surface area (Å²) in [6.07, 6.45) is 5.29. The molecule has 0 aromatic carbocycles. The van der Waals surface area contributed by atoms with Gasteiger partial charge in [0.15, 0.2) is 0 Å². The smallest absolute Gasteiger partial charge is 0.0994 e. The summed E-state index contributed by atoms with van der Waals surface area (Å²) in [5, 5.41) is 8.55. The maximum atomic E-state index is 8.55. The van der Waals surface area contributed by atoms with Gasteiger partial charge in [-0.3, -0.25) is 0 Å². The van der Waals surface area contributed by atoms with E-state index in [0.717, 1.165) is 5.57 Å². The van der Waals surface area contributed by atoms with Gasteiger partial charge in [-0.25, -0.2) is 0 Å². The van der Waals surface area contributed by atoms with Crippen molar-refractivity contribution in [3.05, 3.63) is 36.0 Å². The molecule has 0 heterocycles. The molecule has 0 fully saturated rings. The Morgan fingerprint density at radius 2 is 2.20 bits per heavy atom. The van der Waals surface area contributed by atoms with Crippen LogP contribution in [0, 0.1) is 11.3 Å². The Labute approximate surface area is 62.0 Å². The first-order chi connectivity index (χ1) is 4.76. The third-order valence-electron chi connectivity index (χ3n) is 1.18. The Kier molecular flexibility index (Phi) is 3.99. The third kappa shape index (κ3) is 2.32. The third-order valence-corrected chi connectivity index (χ3v) is 1.18. The highest BCUT2D eigenvalue weighted by atomic mass is 14.2. The lowest BCUT2D eigenvalue weighted by Gasteiger charge is -1.90. The highest BCUT2D eigenvalue weighted by Crippen LogP contribution is 2.04. The second kappa shape index (κ2) is 4.58. The zero-order chi connectivity index (χ0) is 7.98. The van der Waals surface area contributed by atoms with Crippen molar-refractivity contribution < 1.29 is 0 Å². The molecule has 52 valence electrons. The van der Waals surface area contributed by atoms with Gasteiger partial charge in [0.25, 0.3) is 0 Å². The zero-order valence-corrected chi connectivity index (χ0v) is 6.39. The average Bonchev–Trinajstić information content (AvgIpc) is 1.99. The van der Waals surface area contributed by atoms with Crippen LogP contribution in [-0.2, 0) is 0 Å². The van der Waals surface area contributed by atoms with Gasteiger partial charge in [0, 0.05) is 0 Å². The molecule has 0 rings (SSSR count). The first kappa shape index (κ1) is 8.71. The summed E-state index contributed by atoms with van der Waals surface area (Å²) in [5.74, 6) is 0. The normalized spacial score (nSPS) is 12.5. The SMILES string of the molecule is C=C/C(C)=C(C#N)\C=C/C. The van der Waals surface area contributed by atoms with Crippen LogP contribution in [0.3, 0.4) is 0 Å². The highest BCUT2D eigenvalue weighted by molar-refractivity contribution is 5.40. The molecule has 0 unspecified atom stereocenters. The summed E-state index contributed by atoms with van der Waals surface area (Å²) in [5.41, 5.74) is 1.60. The molecule has 0 aliphatic rings. The van der Waals surface area contributed by atoms with Crippen LogP contribution < -0.4 is 0 Å². The molecule has 10 heavy (non-hydrogen) atoms. The maximum absolute atomic E-state index is 8.55. The predicted molar refractivity (Wildman–Crippen MR) is 43.3 cm³/mol. The number of allylic oxidation sites excluding steroid dienone is 5. The minimum atomic E-state index is 0.678. The van der Waals surface area contributed by atoms with Gasteiger partial charge in [0.2, 0.25) is 0 Å². The molecular weight excluding hydrogens is 122 g/mol. The fourth-order valence-corrected chi connectivity index (χ4v) is 0.534. The molecule has 1 nitrogen and oxygen atoms in total. The molecule has 0 radical (unpaired) electrons. The van der Waals surface area contributed by atoms with Crippen LogP contribution in [0.4, 0.5) is 0 Å². The first-order valence-corrected chi connectivity index (χ1v) is 3.12. The second-order valence-electron chi connectivity index (χ2n) is 1.91. The van der Waals surface area contributed by atoms with E-state index in [1.165, 1.54) is 0 Å². The molecule has 0 saturated heterocycles. The summed E-state index contributed by atoms with van der Waals surface area (Å²) in [6, 6.07) is 2.08. The van der Waals surface area contributed by atoms with Crippen molar-refractivity contribution in [3.8, 4) is 6.07 Å². The van der Waals surface area contributed by atoms with Crippen LogP contribution in [-0.4, -0.2) is 0 Å². The topological polar surface area (TPSA) is 23.8 Å². The zero-order valence-electron chi connectivity index (χ0n) is 6.39. The van der Waals surface area contributed by atoms with E-state index in [9.17, 15) is 0 Å². The van der Waals surface area contributed by atoms with E-state index >= 15 is 0 Å². The van der Waals surface area contributed by atoms with E-state index in [4.69, 9.17) is 5.26 Å². The Balaban J connectivity index is 4.66. The van der Waals surface area contributed by atoms with Gasteiger partial charge in [-0.1, -0.05) is 18.7 Å². The molecule has 0 bridgehead atoms. The number of hydrogen-bond acceptors (Lipinski definition) is 1. The van der Waals surface area contributed by atoms with Gasteiger partial charge < -0.3 is 0 Å². The summed E-state index contributed by atoms with van der Waals surface area (Å²) < 4.78 is 0. The van der Waals surface area contributed by atoms with Crippen LogP contribution in [0.15, 0.2) is 36.0 Å². The number of rotatable bonds is 2. The van der Waals surface area contributed by atoms with Crippen molar-refractivity contribution in [3.63, 3.8) is 0 Å². The van der Waals surface area contributed by atoms with E-state index in [0.29, 0.717) is 5.57 Å². The Morgan fingerprint density at radius 1 is 1.60 bits per heavy atom. The van der Waals surface area contributed by atoms with E-state index in [-0.39, 0.29) is 0 Å². The summed E-state index contributed by atoms with van der Waals surface area (Å²) in [4.78, 5) is 0. The Bertz CT molecular complexity index is 213. The van der Waals surface area contributed by atoms with Crippen molar-refractivity contribution in [1.29, 1.82) is 5.26 Å². The Hall–Kier alpha value is -1.29. The molecule has 0 amide bonds. The van der Waals surface area contributed by atoms with E-state index in [1.807, 2.05) is 19.9 Å². The standard InChI is InChI=1S/C9H11N/c1-4-6-9(7-10)8(3)5-2/h4-6H,2H2,1,3H3/b6-4-,9-8+. The molecule has 0 aromatic heterocycles. The Morgan fingerprint density at radius 3 is 2.50 bits per heavy atom. The van der Waals surface area contributed by atoms with Crippen LogP contribution >= 0.6 is 0 Å². The number of nitrogens with zero attached hydrogens (tertiary/aromatic N) is 1. The van der Waals surface area contributed by atoms with Gasteiger partial charge in [-0.15, -0.1) is 0 Å². The molecule has 0 N–H and O–H groups in total. The van der Waals surface area contributed by atoms with Crippen LogP contribution in [0.2, 0.25) is 0 Å². The largest absolute Gasteiger partial charge is 0.192 e. The molecule has 1 heteroatoms. The fraction of sp³-hybridized carbons (Fsp3) is 0.222. The van der Waals surface area contributed by atoms with Crippen molar-refractivity contribution in [2.45, 2.75) is 13.8 Å². The molecule has 0 atom stereocenters. The van der Waals surface area contributed by atoms with Crippen LogP contribution in [0.1, 0.15) is 13.8 Å². The lowest BCUT2D eigenvalue weighted by molar-refractivity contribution is 1.42. The molecule has 0 aromatic rings. The summed E-state index contributed by atoms with van der Waals surface area (Å²) in [7, 11) is 0. The van der Waals surface area contributed by atoms with Crippen LogP contribution in [0.5, 0.6) is 0 Å². The summed E-state index contributed by atoms with van der Waals surface area (Å²) >= 11 is 0. The maximum Gasteiger partial charge on any atom is 0.0994 e. The van der Waals surface area contributed by atoms with Crippen molar-refractivity contribution in [2.24, 2.45) is 0 Å². The minimum Gasteiger partial charge on any atom is -0.192 e. The van der Waals surface area contributed by atoms with Gasteiger partial charge in [0.05, 0.1) is 11.6 Å². The van der Waals surface area contributed by atoms with Gasteiger partial charge in [0.1, 0.15) is 0 Å². The van der Waals surface area contributed by atoms with E-state index in [1.54, 1.807) is 12.2 Å². The predicted octanol–water partition coefficient (Wildman–Crippen LogP) is 2.59. The van der Waals surface area contributed by atoms with Crippen LogP contribution in [0.25, 0.3) is 0 Å². The molecule has 0 aliphatic carbocycles. The van der Waals surface area contributed by atoms with Gasteiger partial charge in [-0.05, 0) is 25.5 Å². The van der Waals surface area contributed by atoms with Gasteiger partial charge in [-0.2, -0.15) is 5.26 Å². The van der Waals surface area contributed by atoms with Crippen molar-refractivity contribution in [1.82, 2.24) is 0 Å². The molecule has 0 saturated carbocycles. The number of hydrogen-bond donors (Lipinski definition) is 0.